The molecule has 0 saturated carbocycles. The van der Waals surface area contributed by atoms with Crippen LogP contribution in [0.25, 0.3) is 0 Å². The molecular formula is C11H10ClFN2O2. The number of nitrogens with one attached hydrogen (secondary N) is 1. The molecule has 0 spiro atoms. The summed E-state index contributed by atoms with van der Waals surface area (Å²) in [5.41, 5.74) is 0.306. The van der Waals surface area contributed by atoms with E-state index >= 15 is 0 Å². The Labute approximate surface area is 102 Å². The van der Waals surface area contributed by atoms with E-state index in [4.69, 9.17) is 11.6 Å². The monoisotopic (exact) mass is 256 g/mol. The predicted octanol–water partition coefficient (Wildman–Crippen LogP) is 0.938. The van der Waals surface area contributed by atoms with Gasteiger partial charge in [0.2, 0.25) is 11.8 Å². The first-order chi connectivity index (χ1) is 8.06. The van der Waals surface area contributed by atoms with Gasteiger partial charge in [-0.15, -0.1) is 0 Å². The van der Waals surface area contributed by atoms with Gasteiger partial charge in [-0.05, 0) is 18.2 Å². The van der Waals surface area contributed by atoms with Gasteiger partial charge in [0.1, 0.15) is 5.82 Å². The van der Waals surface area contributed by atoms with Gasteiger partial charge in [0.05, 0.1) is 13.1 Å². The number of hydrogen-bond donors (Lipinski definition) is 1. The lowest BCUT2D eigenvalue weighted by molar-refractivity contribution is -0.141. The summed E-state index contributed by atoms with van der Waals surface area (Å²) in [4.78, 5) is 23.9. The summed E-state index contributed by atoms with van der Waals surface area (Å²) in [6.45, 7) is -0.0373. The maximum atomic E-state index is 13.5. The van der Waals surface area contributed by atoms with Crippen molar-refractivity contribution in [2.45, 2.75) is 6.54 Å². The lowest BCUT2D eigenvalue weighted by atomic mass is 10.2. The van der Waals surface area contributed by atoms with Gasteiger partial charge in [-0.25, -0.2) is 4.39 Å². The van der Waals surface area contributed by atoms with E-state index in [9.17, 15) is 14.0 Å². The van der Waals surface area contributed by atoms with E-state index in [1.165, 1.54) is 23.1 Å². The van der Waals surface area contributed by atoms with Crippen LogP contribution < -0.4 is 5.32 Å². The first-order valence-corrected chi connectivity index (χ1v) is 5.42. The summed E-state index contributed by atoms with van der Waals surface area (Å²) in [7, 11) is 0. The third kappa shape index (κ3) is 2.74. The molecule has 1 N–H and O–H groups in total. The van der Waals surface area contributed by atoms with Gasteiger partial charge in [0.25, 0.3) is 0 Å². The second kappa shape index (κ2) is 4.71. The number of piperazine rings is 1. The van der Waals surface area contributed by atoms with Crippen LogP contribution in [0.15, 0.2) is 18.2 Å². The number of carbonyl (C=O) groups excluding carboxylic acids is 2. The second-order valence-electron chi connectivity index (χ2n) is 3.76. The van der Waals surface area contributed by atoms with Crippen LogP contribution in [-0.4, -0.2) is 29.8 Å². The van der Waals surface area contributed by atoms with Crippen molar-refractivity contribution in [3.05, 3.63) is 34.6 Å². The zero-order valence-corrected chi connectivity index (χ0v) is 9.63. The topological polar surface area (TPSA) is 49.4 Å². The first kappa shape index (κ1) is 11.9. The predicted molar refractivity (Wildman–Crippen MR) is 59.8 cm³/mol. The van der Waals surface area contributed by atoms with Gasteiger partial charge in [0, 0.05) is 17.1 Å². The Morgan fingerprint density at radius 3 is 2.94 bits per heavy atom. The molecule has 17 heavy (non-hydrogen) atoms. The van der Waals surface area contributed by atoms with Crippen molar-refractivity contribution in [1.82, 2.24) is 10.2 Å². The van der Waals surface area contributed by atoms with Crippen molar-refractivity contribution in [1.29, 1.82) is 0 Å². The molecule has 0 aromatic heterocycles. The molecule has 1 aliphatic rings. The third-order valence-electron chi connectivity index (χ3n) is 2.49. The molecule has 2 amide bonds. The van der Waals surface area contributed by atoms with Crippen molar-refractivity contribution in [3.8, 4) is 0 Å². The van der Waals surface area contributed by atoms with Crippen LogP contribution in [-0.2, 0) is 16.1 Å². The normalized spacial score (nSPS) is 16.0. The van der Waals surface area contributed by atoms with E-state index in [-0.39, 0.29) is 31.4 Å². The molecule has 1 aliphatic heterocycles. The lowest BCUT2D eigenvalue weighted by Crippen LogP contribution is -2.51. The highest BCUT2D eigenvalue weighted by molar-refractivity contribution is 6.30. The van der Waals surface area contributed by atoms with Crippen LogP contribution in [0.5, 0.6) is 0 Å². The Bertz CT molecular complexity index is 479. The average Bonchev–Trinajstić information content (AvgIpc) is 2.28. The van der Waals surface area contributed by atoms with Gasteiger partial charge in [-0.2, -0.15) is 0 Å². The highest BCUT2D eigenvalue weighted by atomic mass is 35.5. The molecule has 4 nitrogen and oxygen atoms in total. The number of halogens is 2. The largest absolute Gasteiger partial charge is 0.345 e. The summed E-state index contributed by atoms with van der Waals surface area (Å²) in [5, 5.41) is 2.82. The van der Waals surface area contributed by atoms with Gasteiger partial charge in [0.15, 0.2) is 0 Å². The number of rotatable bonds is 2. The second-order valence-corrected chi connectivity index (χ2v) is 4.20. The number of amides is 2. The fourth-order valence-electron chi connectivity index (χ4n) is 1.62. The molecule has 1 heterocycles. The Kier molecular flexibility index (Phi) is 3.28. The van der Waals surface area contributed by atoms with Crippen LogP contribution in [0.2, 0.25) is 5.02 Å². The van der Waals surface area contributed by atoms with Crippen LogP contribution in [0, 0.1) is 5.82 Å². The highest BCUT2D eigenvalue weighted by Gasteiger charge is 2.23. The maximum absolute atomic E-state index is 13.5. The molecule has 0 radical (unpaired) electrons. The van der Waals surface area contributed by atoms with E-state index in [2.05, 4.69) is 5.32 Å². The molecular weight excluding hydrogens is 247 g/mol. The van der Waals surface area contributed by atoms with Crippen LogP contribution >= 0.6 is 11.6 Å². The minimum atomic E-state index is -0.437. The molecule has 1 aromatic rings. The van der Waals surface area contributed by atoms with E-state index < -0.39 is 5.82 Å². The molecule has 0 unspecified atom stereocenters. The van der Waals surface area contributed by atoms with Gasteiger partial charge < -0.3 is 10.2 Å². The Balaban J connectivity index is 2.16. The molecule has 1 fully saturated rings. The molecule has 90 valence electrons. The number of benzene rings is 1. The lowest BCUT2D eigenvalue weighted by Gasteiger charge is -2.26. The zero-order chi connectivity index (χ0) is 12.4. The smallest absolute Gasteiger partial charge is 0.242 e. The minimum absolute atomic E-state index is 0.0407. The first-order valence-electron chi connectivity index (χ1n) is 5.04. The third-order valence-corrected chi connectivity index (χ3v) is 2.73. The van der Waals surface area contributed by atoms with Crippen molar-refractivity contribution in [2.75, 3.05) is 13.1 Å². The van der Waals surface area contributed by atoms with Gasteiger partial charge >= 0.3 is 0 Å². The number of nitrogens with zero attached hydrogens (tertiary/aromatic N) is 1. The fraction of sp³-hybridized carbons (Fsp3) is 0.273. The Morgan fingerprint density at radius 1 is 1.41 bits per heavy atom. The summed E-state index contributed by atoms with van der Waals surface area (Å²) in [6, 6.07) is 4.13. The van der Waals surface area contributed by atoms with Gasteiger partial charge in [-0.3, -0.25) is 9.59 Å². The van der Waals surface area contributed by atoms with E-state index in [1.807, 2.05) is 0 Å². The van der Waals surface area contributed by atoms with Crippen molar-refractivity contribution < 1.29 is 14.0 Å². The number of hydrogen-bond acceptors (Lipinski definition) is 2. The van der Waals surface area contributed by atoms with Crippen molar-refractivity contribution in [3.63, 3.8) is 0 Å². The summed E-state index contributed by atoms with van der Waals surface area (Å²) in [6.07, 6.45) is 0. The van der Waals surface area contributed by atoms with Crippen molar-refractivity contribution in [2.24, 2.45) is 0 Å². The standard InChI is InChI=1S/C11H10ClFN2O2/c12-8-1-2-9(13)7(3-8)5-15-6-10(16)14-4-11(15)17/h1-3H,4-6H2,(H,14,16). The minimum Gasteiger partial charge on any atom is -0.345 e. The molecule has 6 heteroatoms. The Morgan fingerprint density at radius 2 is 2.18 bits per heavy atom. The van der Waals surface area contributed by atoms with E-state index in [0.717, 1.165) is 0 Å². The van der Waals surface area contributed by atoms with Crippen LogP contribution in [0.4, 0.5) is 4.39 Å². The van der Waals surface area contributed by atoms with Crippen molar-refractivity contribution >= 4 is 23.4 Å². The summed E-state index contributed by atoms with van der Waals surface area (Å²) >= 11 is 5.75. The molecule has 0 atom stereocenters. The molecule has 0 bridgehead atoms. The van der Waals surface area contributed by atoms with Crippen LogP contribution in [0.3, 0.4) is 0 Å². The number of carbonyl (C=O) groups is 2. The van der Waals surface area contributed by atoms with E-state index in [0.29, 0.717) is 10.6 Å². The molecule has 1 saturated heterocycles. The van der Waals surface area contributed by atoms with Crippen LogP contribution in [0.1, 0.15) is 5.56 Å². The average molecular weight is 257 g/mol. The SMILES string of the molecule is O=C1CN(Cc2cc(Cl)ccc2F)C(=O)CN1. The summed E-state index contributed by atoms with van der Waals surface area (Å²) in [5.74, 6) is -0.913. The molecule has 0 aliphatic carbocycles. The highest BCUT2D eigenvalue weighted by Crippen LogP contribution is 2.17. The molecule has 1 aromatic carbocycles. The van der Waals surface area contributed by atoms with E-state index in [1.54, 1.807) is 0 Å². The maximum Gasteiger partial charge on any atom is 0.242 e. The van der Waals surface area contributed by atoms with Gasteiger partial charge in [-0.1, -0.05) is 11.6 Å². The Hall–Kier alpha value is -1.62. The zero-order valence-electron chi connectivity index (χ0n) is 8.87. The molecule has 2 rings (SSSR count). The quantitative estimate of drug-likeness (QED) is 0.856. The fourth-order valence-corrected chi connectivity index (χ4v) is 1.81. The summed E-state index contributed by atoms with van der Waals surface area (Å²) < 4.78 is 13.5.